The van der Waals surface area contributed by atoms with Gasteiger partial charge in [0.25, 0.3) is 5.91 Å². The van der Waals surface area contributed by atoms with Crippen LogP contribution in [0.1, 0.15) is 27.7 Å². The number of carbonyl (C=O) groups excluding carboxylic acids is 1. The van der Waals surface area contributed by atoms with Crippen molar-refractivity contribution in [3.63, 3.8) is 0 Å². The fourth-order valence-electron chi connectivity index (χ4n) is 4.16. The van der Waals surface area contributed by atoms with Crippen LogP contribution < -0.4 is 14.8 Å². The van der Waals surface area contributed by atoms with Crippen LogP contribution in [0.2, 0.25) is 0 Å². The summed E-state index contributed by atoms with van der Waals surface area (Å²) in [6.45, 7) is 4.96. The van der Waals surface area contributed by atoms with Crippen LogP contribution in [0.15, 0.2) is 42.5 Å². The van der Waals surface area contributed by atoms with Crippen LogP contribution >= 0.6 is 0 Å². The van der Waals surface area contributed by atoms with Crippen molar-refractivity contribution < 1.29 is 23.4 Å². The van der Waals surface area contributed by atoms with Gasteiger partial charge in [-0.2, -0.15) is 0 Å². The topological polar surface area (TPSA) is 72.9 Å². The minimum absolute atomic E-state index is 0.0690. The Morgan fingerprint density at radius 3 is 2.61 bits per heavy atom. The van der Waals surface area contributed by atoms with Crippen molar-refractivity contribution in [2.75, 3.05) is 47.1 Å². The number of nitrogens with one attached hydrogen (secondary N) is 1. The highest BCUT2D eigenvalue weighted by Crippen LogP contribution is 2.32. The molecule has 1 aromatic heterocycles. The minimum Gasteiger partial charge on any atom is -0.493 e. The lowest BCUT2D eigenvalue weighted by Gasteiger charge is -2.35. The Balaban J connectivity index is 1.58. The molecule has 1 saturated heterocycles. The number of amides is 1. The van der Waals surface area contributed by atoms with E-state index in [-0.39, 0.29) is 17.8 Å². The number of ether oxygens (including phenoxy) is 3. The molecule has 0 aliphatic carbocycles. The van der Waals surface area contributed by atoms with Gasteiger partial charge in [-0.05, 0) is 42.8 Å². The van der Waals surface area contributed by atoms with E-state index >= 15 is 0 Å². The van der Waals surface area contributed by atoms with Gasteiger partial charge in [-0.25, -0.2) is 4.39 Å². The molecule has 0 saturated carbocycles. The maximum absolute atomic E-state index is 13.5. The summed E-state index contributed by atoms with van der Waals surface area (Å²) in [7, 11) is 3.21. The lowest BCUT2D eigenvalue weighted by Crippen LogP contribution is -2.44. The van der Waals surface area contributed by atoms with Crippen molar-refractivity contribution in [1.29, 1.82) is 0 Å². The van der Waals surface area contributed by atoms with Gasteiger partial charge in [-0.3, -0.25) is 14.7 Å². The lowest BCUT2D eigenvalue weighted by atomic mass is 10.0. The van der Waals surface area contributed by atoms with Crippen LogP contribution in [0.25, 0.3) is 10.9 Å². The van der Waals surface area contributed by atoms with E-state index in [2.05, 4.69) is 15.2 Å². The third-order valence-electron chi connectivity index (χ3n) is 5.95. The standard InChI is InChI=1S/C25H28FN3O4/c1-16-20(12-17-4-6-19(26)14-21(17)28-16)25(30)27-15-22(29-8-10-33-11-9-29)18-5-7-23(31-2)24(13-18)32-3/h4-7,12-14,22H,8-11,15H2,1-3H3,(H,27,30). The molecular weight excluding hydrogens is 425 g/mol. The monoisotopic (exact) mass is 453 g/mol. The molecule has 1 N–H and O–H groups in total. The number of halogens is 1. The first-order chi connectivity index (χ1) is 16.0. The summed E-state index contributed by atoms with van der Waals surface area (Å²) in [5, 5.41) is 3.79. The number of aryl methyl sites for hydroxylation is 1. The van der Waals surface area contributed by atoms with E-state index in [0.717, 1.165) is 24.0 Å². The molecule has 0 bridgehead atoms. The van der Waals surface area contributed by atoms with Gasteiger partial charge in [-0.1, -0.05) is 6.07 Å². The van der Waals surface area contributed by atoms with Gasteiger partial charge < -0.3 is 19.5 Å². The van der Waals surface area contributed by atoms with Crippen LogP contribution in [0.5, 0.6) is 11.5 Å². The first-order valence-corrected chi connectivity index (χ1v) is 10.9. The second kappa shape index (κ2) is 10.1. The molecule has 174 valence electrons. The molecule has 3 aromatic rings. The number of morpholine rings is 1. The summed E-state index contributed by atoms with van der Waals surface area (Å²) in [6.07, 6.45) is 0. The molecule has 33 heavy (non-hydrogen) atoms. The van der Waals surface area contributed by atoms with Crippen molar-refractivity contribution in [2.45, 2.75) is 13.0 Å². The van der Waals surface area contributed by atoms with Gasteiger partial charge in [0.15, 0.2) is 11.5 Å². The number of methoxy groups -OCH3 is 2. The van der Waals surface area contributed by atoms with Gasteiger partial charge in [0.05, 0.1) is 50.2 Å². The SMILES string of the molecule is COc1ccc(C(CNC(=O)c2cc3ccc(F)cc3nc2C)N2CCOCC2)cc1OC. The fourth-order valence-corrected chi connectivity index (χ4v) is 4.16. The van der Waals surface area contributed by atoms with Crippen LogP contribution in [-0.4, -0.2) is 62.9 Å². The fraction of sp³-hybridized carbons (Fsp3) is 0.360. The van der Waals surface area contributed by atoms with Gasteiger partial charge in [-0.15, -0.1) is 0 Å². The molecule has 0 radical (unpaired) electrons. The number of pyridine rings is 1. The summed E-state index contributed by atoms with van der Waals surface area (Å²) in [5.41, 5.74) is 2.57. The number of aromatic nitrogens is 1. The first kappa shape index (κ1) is 22.9. The summed E-state index contributed by atoms with van der Waals surface area (Å²) in [6, 6.07) is 11.9. The summed E-state index contributed by atoms with van der Waals surface area (Å²) >= 11 is 0. The van der Waals surface area contributed by atoms with Crippen molar-refractivity contribution in [3.8, 4) is 11.5 Å². The number of hydrogen-bond acceptors (Lipinski definition) is 6. The zero-order chi connectivity index (χ0) is 23.4. The zero-order valence-corrected chi connectivity index (χ0v) is 19.1. The van der Waals surface area contributed by atoms with E-state index < -0.39 is 0 Å². The largest absolute Gasteiger partial charge is 0.493 e. The third kappa shape index (κ3) is 5.07. The molecule has 1 aliphatic heterocycles. The molecule has 4 rings (SSSR count). The minimum atomic E-state index is -0.352. The van der Waals surface area contributed by atoms with Crippen molar-refractivity contribution >= 4 is 16.8 Å². The Morgan fingerprint density at radius 1 is 1.12 bits per heavy atom. The smallest absolute Gasteiger partial charge is 0.253 e. The maximum atomic E-state index is 13.5. The highest BCUT2D eigenvalue weighted by atomic mass is 19.1. The van der Waals surface area contributed by atoms with Crippen LogP contribution in [0, 0.1) is 12.7 Å². The predicted octanol–water partition coefficient (Wildman–Crippen LogP) is 3.50. The Morgan fingerprint density at radius 2 is 1.88 bits per heavy atom. The number of rotatable bonds is 7. The summed E-state index contributed by atoms with van der Waals surface area (Å²) < 4.78 is 29.9. The molecule has 8 heteroatoms. The molecule has 7 nitrogen and oxygen atoms in total. The molecule has 1 aliphatic rings. The van der Waals surface area contributed by atoms with E-state index in [1.54, 1.807) is 33.3 Å². The predicted molar refractivity (Wildman–Crippen MR) is 123 cm³/mol. The van der Waals surface area contributed by atoms with E-state index in [1.165, 1.54) is 12.1 Å². The van der Waals surface area contributed by atoms with Crippen LogP contribution in [-0.2, 0) is 4.74 Å². The highest BCUT2D eigenvalue weighted by molar-refractivity contribution is 5.98. The van der Waals surface area contributed by atoms with Gasteiger partial charge in [0, 0.05) is 31.1 Å². The molecule has 1 fully saturated rings. The molecular formula is C25H28FN3O4. The number of fused-ring (bicyclic) bond motifs is 1. The van der Waals surface area contributed by atoms with E-state index in [0.29, 0.717) is 48.0 Å². The summed E-state index contributed by atoms with van der Waals surface area (Å²) in [5.74, 6) is 0.724. The van der Waals surface area contributed by atoms with E-state index in [1.807, 2.05) is 18.2 Å². The summed E-state index contributed by atoms with van der Waals surface area (Å²) in [4.78, 5) is 19.8. The molecule has 1 unspecified atom stereocenters. The first-order valence-electron chi connectivity index (χ1n) is 10.9. The molecule has 1 amide bonds. The van der Waals surface area contributed by atoms with Crippen LogP contribution in [0.3, 0.4) is 0 Å². The Bertz CT molecular complexity index is 1150. The van der Waals surface area contributed by atoms with E-state index in [9.17, 15) is 9.18 Å². The Labute approximate surface area is 192 Å². The second-order valence-corrected chi connectivity index (χ2v) is 7.95. The third-order valence-corrected chi connectivity index (χ3v) is 5.95. The second-order valence-electron chi connectivity index (χ2n) is 7.95. The highest BCUT2D eigenvalue weighted by Gasteiger charge is 2.25. The Hall–Kier alpha value is -3.23. The zero-order valence-electron chi connectivity index (χ0n) is 19.1. The lowest BCUT2D eigenvalue weighted by molar-refractivity contribution is 0.0162. The molecule has 1 atom stereocenters. The maximum Gasteiger partial charge on any atom is 0.253 e. The average molecular weight is 454 g/mol. The normalized spacial score (nSPS) is 15.3. The van der Waals surface area contributed by atoms with Crippen molar-refractivity contribution in [1.82, 2.24) is 15.2 Å². The number of hydrogen-bond donors (Lipinski definition) is 1. The van der Waals surface area contributed by atoms with Crippen LogP contribution in [0.4, 0.5) is 4.39 Å². The van der Waals surface area contributed by atoms with E-state index in [4.69, 9.17) is 14.2 Å². The molecule has 2 heterocycles. The number of carbonyl (C=O) groups is 1. The number of nitrogens with zero attached hydrogens (tertiary/aromatic N) is 2. The number of benzene rings is 2. The quantitative estimate of drug-likeness (QED) is 0.590. The van der Waals surface area contributed by atoms with Gasteiger partial charge in [0.1, 0.15) is 5.82 Å². The molecule has 2 aromatic carbocycles. The van der Waals surface area contributed by atoms with Gasteiger partial charge >= 0.3 is 0 Å². The Kier molecular flexibility index (Phi) is 7.05. The van der Waals surface area contributed by atoms with Gasteiger partial charge in [0.2, 0.25) is 0 Å². The van der Waals surface area contributed by atoms with Crippen molar-refractivity contribution in [3.05, 3.63) is 65.1 Å². The average Bonchev–Trinajstić information content (AvgIpc) is 2.84. The molecule has 0 spiro atoms. The van der Waals surface area contributed by atoms with Crippen molar-refractivity contribution in [2.24, 2.45) is 0 Å².